The first kappa shape index (κ1) is 22.1. The first-order chi connectivity index (χ1) is 14.4. The highest BCUT2D eigenvalue weighted by molar-refractivity contribution is 5.84. The van der Waals surface area contributed by atoms with E-state index in [1.165, 1.54) is 10.9 Å². The summed E-state index contributed by atoms with van der Waals surface area (Å²) in [5.74, 6) is 0.724. The zero-order valence-corrected chi connectivity index (χ0v) is 18.3. The number of carbonyl (C=O) groups excluding carboxylic acids is 2. The van der Waals surface area contributed by atoms with Gasteiger partial charge in [-0.3, -0.25) is 14.5 Å². The van der Waals surface area contributed by atoms with Crippen molar-refractivity contribution in [1.82, 2.24) is 10.2 Å². The predicted molar refractivity (Wildman–Crippen MR) is 117 cm³/mol. The maximum absolute atomic E-state index is 12.2. The third-order valence-electron chi connectivity index (χ3n) is 6.15. The molecule has 0 saturated carbocycles. The molecule has 1 N–H and O–H groups in total. The molecular weight excluding hydrogens is 380 g/mol. The Kier molecular flexibility index (Phi) is 7.32. The molecule has 1 aliphatic heterocycles. The highest BCUT2D eigenvalue weighted by Gasteiger charge is 2.36. The van der Waals surface area contributed by atoms with Gasteiger partial charge in [0, 0.05) is 38.5 Å². The Morgan fingerprint density at radius 2 is 1.87 bits per heavy atom. The average molecular weight is 413 g/mol. The number of amides is 1. The molecule has 3 atom stereocenters. The number of nitrogens with zero attached hydrogens (tertiary/aromatic N) is 1. The summed E-state index contributed by atoms with van der Waals surface area (Å²) in [4.78, 5) is 25.9. The average Bonchev–Trinajstić information content (AvgIpc) is 3.18. The molecule has 1 heterocycles. The molecule has 0 spiro atoms. The van der Waals surface area contributed by atoms with Crippen LogP contribution in [-0.4, -0.2) is 50.1 Å². The number of hydrogen-bond donors (Lipinski definition) is 1. The minimum atomic E-state index is -0.295. The van der Waals surface area contributed by atoms with E-state index < -0.39 is 0 Å². The minimum Gasteiger partial charge on any atom is -0.497 e. The van der Waals surface area contributed by atoms with Crippen LogP contribution in [0.25, 0.3) is 10.8 Å². The Morgan fingerprint density at radius 1 is 1.13 bits per heavy atom. The lowest BCUT2D eigenvalue weighted by Crippen LogP contribution is -2.28. The van der Waals surface area contributed by atoms with Crippen molar-refractivity contribution in [1.29, 1.82) is 0 Å². The molecule has 6 nitrogen and oxygen atoms in total. The number of ether oxygens (including phenoxy) is 2. The molecule has 0 radical (unpaired) electrons. The van der Waals surface area contributed by atoms with Crippen LogP contribution >= 0.6 is 0 Å². The Balaban J connectivity index is 1.66. The van der Waals surface area contributed by atoms with Crippen molar-refractivity contribution in [3.8, 4) is 5.75 Å². The van der Waals surface area contributed by atoms with Gasteiger partial charge in [-0.05, 0) is 47.9 Å². The molecule has 6 heteroatoms. The Bertz CT molecular complexity index is 898. The van der Waals surface area contributed by atoms with Crippen LogP contribution in [0.2, 0.25) is 0 Å². The van der Waals surface area contributed by atoms with Crippen LogP contribution in [0.15, 0.2) is 36.4 Å². The van der Waals surface area contributed by atoms with Gasteiger partial charge in [-0.15, -0.1) is 0 Å². The molecule has 0 aliphatic carbocycles. The second-order valence-corrected chi connectivity index (χ2v) is 7.97. The number of fused-ring (bicyclic) bond motifs is 1. The van der Waals surface area contributed by atoms with E-state index in [1.807, 2.05) is 12.1 Å². The Hall–Kier alpha value is -2.60. The SMILES string of the molecule is CCC1CN(C(C)c2ccc3cc(OC)ccc3c2)CC1OC(=O)CCC(=O)NC. The third kappa shape index (κ3) is 5.11. The number of esters is 1. The smallest absolute Gasteiger partial charge is 0.306 e. The van der Waals surface area contributed by atoms with E-state index in [0.717, 1.165) is 24.1 Å². The molecule has 1 amide bonds. The van der Waals surface area contributed by atoms with Crippen LogP contribution in [-0.2, 0) is 14.3 Å². The lowest BCUT2D eigenvalue weighted by Gasteiger charge is -2.25. The lowest BCUT2D eigenvalue weighted by molar-refractivity contribution is -0.151. The van der Waals surface area contributed by atoms with Gasteiger partial charge in [0.2, 0.25) is 5.91 Å². The van der Waals surface area contributed by atoms with Gasteiger partial charge in [0.1, 0.15) is 11.9 Å². The van der Waals surface area contributed by atoms with Crippen molar-refractivity contribution >= 4 is 22.6 Å². The number of carbonyl (C=O) groups is 2. The van der Waals surface area contributed by atoms with Gasteiger partial charge in [-0.2, -0.15) is 0 Å². The van der Waals surface area contributed by atoms with E-state index in [-0.39, 0.29) is 36.9 Å². The molecule has 0 aromatic heterocycles. The molecule has 2 aromatic carbocycles. The molecule has 3 rings (SSSR count). The van der Waals surface area contributed by atoms with Gasteiger partial charge in [-0.1, -0.05) is 25.1 Å². The van der Waals surface area contributed by atoms with E-state index in [0.29, 0.717) is 12.5 Å². The van der Waals surface area contributed by atoms with Crippen LogP contribution in [0.1, 0.15) is 44.7 Å². The highest BCUT2D eigenvalue weighted by Crippen LogP contribution is 2.32. The second kappa shape index (κ2) is 9.94. The van der Waals surface area contributed by atoms with Crippen LogP contribution in [0.3, 0.4) is 0 Å². The fourth-order valence-corrected chi connectivity index (χ4v) is 4.12. The summed E-state index contributed by atoms with van der Waals surface area (Å²) in [6.45, 7) is 5.94. The van der Waals surface area contributed by atoms with Crippen molar-refractivity contribution in [2.45, 2.75) is 45.3 Å². The first-order valence-electron chi connectivity index (χ1n) is 10.7. The first-order valence-corrected chi connectivity index (χ1v) is 10.7. The maximum Gasteiger partial charge on any atom is 0.306 e. The summed E-state index contributed by atoms with van der Waals surface area (Å²) < 4.78 is 11.1. The van der Waals surface area contributed by atoms with Crippen molar-refractivity contribution in [2.24, 2.45) is 5.92 Å². The van der Waals surface area contributed by atoms with Crippen LogP contribution in [0.4, 0.5) is 0 Å². The molecule has 1 aliphatic rings. The van der Waals surface area contributed by atoms with Gasteiger partial charge >= 0.3 is 5.97 Å². The Labute approximate surface area is 178 Å². The summed E-state index contributed by atoms with van der Waals surface area (Å²) in [6.07, 6.45) is 1.12. The molecule has 3 unspecified atom stereocenters. The summed E-state index contributed by atoms with van der Waals surface area (Å²) in [5, 5.41) is 4.87. The van der Waals surface area contributed by atoms with Crippen molar-refractivity contribution in [2.75, 3.05) is 27.2 Å². The monoisotopic (exact) mass is 412 g/mol. The van der Waals surface area contributed by atoms with Gasteiger partial charge < -0.3 is 14.8 Å². The Morgan fingerprint density at radius 3 is 2.57 bits per heavy atom. The van der Waals surface area contributed by atoms with E-state index in [9.17, 15) is 9.59 Å². The molecular formula is C24H32N2O4. The van der Waals surface area contributed by atoms with E-state index in [2.05, 4.69) is 48.3 Å². The summed E-state index contributed by atoms with van der Waals surface area (Å²) >= 11 is 0. The van der Waals surface area contributed by atoms with Crippen LogP contribution in [0.5, 0.6) is 5.75 Å². The zero-order chi connectivity index (χ0) is 21.7. The molecule has 30 heavy (non-hydrogen) atoms. The van der Waals surface area contributed by atoms with Gasteiger partial charge in [0.05, 0.1) is 13.5 Å². The molecule has 0 bridgehead atoms. The normalized spacial score (nSPS) is 20.1. The third-order valence-corrected chi connectivity index (χ3v) is 6.15. The number of hydrogen-bond acceptors (Lipinski definition) is 5. The molecule has 2 aromatic rings. The quantitative estimate of drug-likeness (QED) is 0.670. The van der Waals surface area contributed by atoms with E-state index in [4.69, 9.17) is 9.47 Å². The van der Waals surface area contributed by atoms with Gasteiger partial charge in [0.25, 0.3) is 0 Å². The number of likely N-dealkylation sites (tertiary alicyclic amines) is 1. The second-order valence-electron chi connectivity index (χ2n) is 7.97. The predicted octanol–water partition coefficient (Wildman–Crippen LogP) is 3.69. The topological polar surface area (TPSA) is 67.9 Å². The largest absolute Gasteiger partial charge is 0.497 e. The summed E-state index contributed by atoms with van der Waals surface area (Å²) in [5.41, 5.74) is 1.24. The number of rotatable bonds is 8. The maximum atomic E-state index is 12.2. The van der Waals surface area contributed by atoms with Crippen molar-refractivity contribution in [3.05, 3.63) is 42.0 Å². The molecule has 1 fully saturated rings. The highest BCUT2D eigenvalue weighted by atomic mass is 16.5. The number of methoxy groups -OCH3 is 1. The fourth-order valence-electron chi connectivity index (χ4n) is 4.12. The van der Waals surface area contributed by atoms with E-state index >= 15 is 0 Å². The lowest BCUT2D eigenvalue weighted by atomic mass is 10.0. The van der Waals surface area contributed by atoms with Crippen LogP contribution in [0, 0.1) is 5.92 Å². The number of benzene rings is 2. The van der Waals surface area contributed by atoms with E-state index in [1.54, 1.807) is 14.2 Å². The standard InChI is InChI=1S/C24H32N2O4/c1-5-17-14-26(15-22(17)30-24(28)11-10-23(27)25-3)16(2)18-6-7-20-13-21(29-4)9-8-19(20)12-18/h6-9,12-13,16-17,22H,5,10-11,14-15H2,1-4H3,(H,25,27). The number of nitrogens with one attached hydrogen (secondary N) is 1. The van der Waals surface area contributed by atoms with Crippen molar-refractivity contribution < 1.29 is 19.1 Å². The zero-order valence-electron chi connectivity index (χ0n) is 18.3. The molecule has 1 saturated heterocycles. The van der Waals surface area contributed by atoms with Gasteiger partial charge in [-0.25, -0.2) is 0 Å². The summed E-state index contributed by atoms with van der Waals surface area (Å²) in [6, 6.07) is 12.8. The minimum absolute atomic E-state index is 0.121. The van der Waals surface area contributed by atoms with Gasteiger partial charge in [0.15, 0.2) is 0 Å². The fraction of sp³-hybridized carbons (Fsp3) is 0.500. The molecule has 162 valence electrons. The van der Waals surface area contributed by atoms with Crippen LogP contribution < -0.4 is 10.1 Å². The van der Waals surface area contributed by atoms with Crippen molar-refractivity contribution in [3.63, 3.8) is 0 Å². The summed E-state index contributed by atoms with van der Waals surface area (Å²) in [7, 11) is 3.25.